The van der Waals surface area contributed by atoms with Crippen molar-refractivity contribution in [2.75, 3.05) is 5.88 Å². The van der Waals surface area contributed by atoms with Gasteiger partial charge in [-0.25, -0.2) is 4.98 Å². The average Bonchev–Trinajstić information content (AvgIpc) is 2.70. The number of aromatic nitrogens is 1. The Hall–Kier alpha value is -0.380. The van der Waals surface area contributed by atoms with Gasteiger partial charge in [-0.3, -0.25) is 0 Å². The first-order chi connectivity index (χ1) is 9.10. The summed E-state index contributed by atoms with van der Waals surface area (Å²) >= 11 is 11.5. The van der Waals surface area contributed by atoms with Crippen LogP contribution in [0.1, 0.15) is 21.1 Å². The molecule has 0 amide bonds. The fourth-order valence-electron chi connectivity index (χ4n) is 2.03. The summed E-state index contributed by atoms with van der Waals surface area (Å²) in [5, 5.41) is 1.20. The number of halogens is 2. The molecule has 0 saturated carbocycles. The van der Waals surface area contributed by atoms with Crippen LogP contribution in [0.15, 0.2) is 28.7 Å². The van der Waals surface area contributed by atoms with Crippen LogP contribution in [0.4, 0.5) is 0 Å². The lowest BCUT2D eigenvalue weighted by Gasteiger charge is -2.13. The van der Waals surface area contributed by atoms with Crippen LogP contribution in [-0.2, 0) is 12.8 Å². The fourth-order valence-corrected chi connectivity index (χ4v) is 3.74. The van der Waals surface area contributed by atoms with Gasteiger partial charge in [0.05, 0.1) is 10.7 Å². The van der Waals surface area contributed by atoms with E-state index in [1.54, 1.807) is 11.3 Å². The summed E-state index contributed by atoms with van der Waals surface area (Å²) in [5.41, 5.74) is 2.47. The summed E-state index contributed by atoms with van der Waals surface area (Å²) in [6.07, 6.45) is 1.95. The molecule has 0 fully saturated rings. The molecule has 0 aliphatic carbocycles. The van der Waals surface area contributed by atoms with Crippen LogP contribution in [0.3, 0.4) is 0 Å². The van der Waals surface area contributed by atoms with Crippen molar-refractivity contribution in [3.63, 3.8) is 0 Å². The van der Waals surface area contributed by atoms with E-state index in [-0.39, 0.29) is 0 Å². The maximum atomic E-state index is 6.13. The lowest BCUT2D eigenvalue weighted by Crippen LogP contribution is -2.10. The molecular weight excluding hydrogens is 342 g/mol. The number of hydrogen-bond acceptors (Lipinski definition) is 2. The molecule has 1 nitrogen and oxygen atoms in total. The van der Waals surface area contributed by atoms with E-state index in [1.165, 1.54) is 15.4 Å². The summed E-state index contributed by atoms with van der Waals surface area (Å²) < 4.78 is 1.16. The van der Waals surface area contributed by atoms with Crippen LogP contribution in [0.5, 0.6) is 0 Å². The molecule has 0 spiro atoms. The second kappa shape index (κ2) is 6.87. The third kappa shape index (κ3) is 4.04. The standard InChI is InChI=1S/C15H17BrClNS/c1-10-11(2)19-15(18-10)8-12(9-17)7-13-5-3-4-6-14(13)16/h3-6,12H,7-9H2,1-2H3. The number of nitrogens with zero attached hydrogens (tertiary/aromatic N) is 1. The van der Waals surface area contributed by atoms with Crippen LogP contribution in [-0.4, -0.2) is 10.9 Å². The van der Waals surface area contributed by atoms with Gasteiger partial charge in [0.1, 0.15) is 0 Å². The number of hydrogen-bond donors (Lipinski definition) is 0. The SMILES string of the molecule is Cc1nc(CC(CCl)Cc2ccccc2Br)sc1C. The average molecular weight is 359 g/mol. The van der Waals surface area contributed by atoms with E-state index < -0.39 is 0 Å². The zero-order chi connectivity index (χ0) is 13.8. The first-order valence-electron chi connectivity index (χ1n) is 6.32. The summed E-state index contributed by atoms with van der Waals surface area (Å²) in [6.45, 7) is 4.19. The Kier molecular flexibility index (Phi) is 5.43. The van der Waals surface area contributed by atoms with Gasteiger partial charge in [-0.15, -0.1) is 22.9 Å². The first kappa shape index (κ1) is 15.0. The molecule has 102 valence electrons. The third-order valence-corrected chi connectivity index (χ3v) is 5.53. The molecule has 1 atom stereocenters. The maximum absolute atomic E-state index is 6.13. The number of aryl methyl sites for hydroxylation is 2. The van der Waals surface area contributed by atoms with Gasteiger partial charge in [-0.1, -0.05) is 34.1 Å². The van der Waals surface area contributed by atoms with Crippen molar-refractivity contribution in [2.24, 2.45) is 5.92 Å². The van der Waals surface area contributed by atoms with Gasteiger partial charge in [-0.05, 0) is 37.8 Å². The molecule has 1 heterocycles. The van der Waals surface area contributed by atoms with Crippen LogP contribution < -0.4 is 0 Å². The second-order valence-corrected chi connectivity index (χ2v) is 7.22. The van der Waals surface area contributed by atoms with E-state index in [2.05, 4.69) is 53.0 Å². The van der Waals surface area contributed by atoms with Crippen LogP contribution in [0.2, 0.25) is 0 Å². The van der Waals surface area contributed by atoms with Crippen molar-refractivity contribution >= 4 is 38.9 Å². The predicted molar refractivity (Wildman–Crippen MR) is 87.3 cm³/mol. The number of alkyl halides is 1. The van der Waals surface area contributed by atoms with Crippen molar-refractivity contribution in [2.45, 2.75) is 26.7 Å². The molecule has 1 aromatic carbocycles. The topological polar surface area (TPSA) is 12.9 Å². The van der Waals surface area contributed by atoms with Gasteiger partial charge in [0.15, 0.2) is 0 Å². The lowest BCUT2D eigenvalue weighted by molar-refractivity contribution is 0.580. The number of rotatable bonds is 5. The monoisotopic (exact) mass is 357 g/mol. The quantitative estimate of drug-likeness (QED) is 0.672. The van der Waals surface area contributed by atoms with Gasteiger partial charge in [-0.2, -0.15) is 0 Å². The highest BCUT2D eigenvalue weighted by molar-refractivity contribution is 9.10. The van der Waals surface area contributed by atoms with Crippen molar-refractivity contribution in [3.05, 3.63) is 49.9 Å². The molecule has 1 unspecified atom stereocenters. The Bertz CT molecular complexity index is 533. The van der Waals surface area contributed by atoms with Gasteiger partial charge in [0, 0.05) is 21.7 Å². The molecular formula is C15H17BrClNS. The largest absolute Gasteiger partial charge is 0.246 e. The first-order valence-corrected chi connectivity index (χ1v) is 8.46. The van der Waals surface area contributed by atoms with Crippen molar-refractivity contribution in [3.8, 4) is 0 Å². The van der Waals surface area contributed by atoms with E-state index in [0.29, 0.717) is 11.8 Å². The zero-order valence-electron chi connectivity index (χ0n) is 11.1. The molecule has 4 heteroatoms. The molecule has 0 bridgehead atoms. The predicted octanol–water partition coefficient (Wildman–Crippen LogP) is 5.16. The summed E-state index contributed by atoms with van der Waals surface area (Å²) in [7, 11) is 0. The maximum Gasteiger partial charge on any atom is 0.0934 e. The lowest BCUT2D eigenvalue weighted by atomic mass is 9.98. The fraction of sp³-hybridized carbons (Fsp3) is 0.400. The highest BCUT2D eigenvalue weighted by Crippen LogP contribution is 2.25. The van der Waals surface area contributed by atoms with Crippen molar-refractivity contribution in [1.82, 2.24) is 4.98 Å². The van der Waals surface area contributed by atoms with Crippen LogP contribution in [0.25, 0.3) is 0 Å². The van der Waals surface area contributed by atoms with Gasteiger partial charge < -0.3 is 0 Å². The number of thiazole rings is 1. The van der Waals surface area contributed by atoms with E-state index in [0.717, 1.165) is 23.0 Å². The Morgan fingerprint density at radius 2 is 2.00 bits per heavy atom. The van der Waals surface area contributed by atoms with E-state index >= 15 is 0 Å². The van der Waals surface area contributed by atoms with Gasteiger partial charge >= 0.3 is 0 Å². The van der Waals surface area contributed by atoms with E-state index in [9.17, 15) is 0 Å². The summed E-state index contributed by atoms with van der Waals surface area (Å²) in [6, 6.07) is 8.35. The Balaban J connectivity index is 2.07. The smallest absolute Gasteiger partial charge is 0.0934 e. The molecule has 1 aromatic heterocycles. The third-order valence-electron chi connectivity index (χ3n) is 3.22. The molecule has 2 rings (SSSR count). The molecule has 0 radical (unpaired) electrons. The molecule has 0 N–H and O–H groups in total. The minimum Gasteiger partial charge on any atom is -0.246 e. The summed E-state index contributed by atoms with van der Waals surface area (Å²) in [5.74, 6) is 1.10. The molecule has 19 heavy (non-hydrogen) atoms. The summed E-state index contributed by atoms with van der Waals surface area (Å²) in [4.78, 5) is 5.92. The highest BCUT2D eigenvalue weighted by Gasteiger charge is 2.14. The van der Waals surface area contributed by atoms with Crippen molar-refractivity contribution < 1.29 is 0 Å². The minimum atomic E-state index is 0.435. The molecule has 0 aliphatic rings. The Labute approximate surface area is 132 Å². The number of benzene rings is 1. The minimum absolute atomic E-state index is 0.435. The normalized spacial score (nSPS) is 12.6. The molecule has 2 aromatic rings. The molecule has 0 saturated heterocycles. The zero-order valence-corrected chi connectivity index (χ0v) is 14.3. The second-order valence-electron chi connectivity index (χ2n) is 4.77. The van der Waals surface area contributed by atoms with Crippen molar-refractivity contribution in [1.29, 1.82) is 0 Å². The molecule has 0 aliphatic heterocycles. The Morgan fingerprint density at radius 3 is 2.58 bits per heavy atom. The van der Waals surface area contributed by atoms with Gasteiger partial charge in [0.25, 0.3) is 0 Å². The highest BCUT2D eigenvalue weighted by atomic mass is 79.9. The Morgan fingerprint density at radius 1 is 1.26 bits per heavy atom. The van der Waals surface area contributed by atoms with E-state index in [1.807, 2.05) is 6.07 Å². The van der Waals surface area contributed by atoms with E-state index in [4.69, 9.17) is 11.6 Å². The van der Waals surface area contributed by atoms with Crippen LogP contribution in [0, 0.1) is 19.8 Å². The van der Waals surface area contributed by atoms with Gasteiger partial charge in [0.2, 0.25) is 0 Å². The van der Waals surface area contributed by atoms with Crippen LogP contribution >= 0.6 is 38.9 Å².